The second-order valence-electron chi connectivity index (χ2n) is 8.32. The van der Waals surface area contributed by atoms with Crippen molar-refractivity contribution in [2.45, 2.75) is 19.9 Å². The van der Waals surface area contributed by atoms with Crippen molar-refractivity contribution >= 4 is 5.91 Å². The molecule has 168 valence electrons. The van der Waals surface area contributed by atoms with Gasteiger partial charge in [0.1, 0.15) is 0 Å². The topological polar surface area (TPSA) is 80.3 Å². The summed E-state index contributed by atoms with van der Waals surface area (Å²) in [5.74, 6) is 1.25. The molecule has 1 atom stereocenters. The zero-order valence-electron chi connectivity index (χ0n) is 18.8. The minimum atomic E-state index is -0.0118. The lowest BCUT2D eigenvalue weighted by molar-refractivity contribution is 0.0551. The minimum absolute atomic E-state index is 0.0118. The van der Waals surface area contributed by atoms with E-state index in [1.807, 2.05) is 72.6 Å². The number of hydrogen-bond acceptors (Lipinski definition) is 6. The van der Waals surface area contributed by atoms with Crippen LogP contribution in [0.15, 0.2) is 71.5 Å². The first-order valence-electron chi connectivity index (χ1n) is 11.1. The molecular formula is C25H26N6O2. The first-order chi connectivity index (χ1) is 16.1. The molecule has 1 unspecified atom stereocenters. The maximum Gasteiger partial charge on any atom is 0.253 e. The van der Waals surface area contributed by atoms with Gasteiger partial charge in [-0.15, -0.1) is 0 Å². The largest absolute Gasteiger partial charge is 0.337 e. The van der Waals surface area contributed by atoms with Crippen LogP contribution in [0, 0.1) is 6.92 Å². The molecule has 0 saturated carbocycles. The van der Waals surface area contributed by atoms with Gasteiger partial charge in [0, 0.05) is 49.7 Å². The summed E-state index contributed by atoms with van der Waals surface area (Å²) in [5, 5.41) is 8.38. The van der Waals surface area contributed by atoms with E-state index in [4.69, 9.17) is 4.52 Å². The van der Waals surface area contributed by atoms with E-state index in [2.05, 4.69) is 27.1 Å². The molecule has 8 heteroatoms. The molecule has 0 radical (unpaired) electrons. The fourth-order valence-electron chi connectivity index (χ4n) is 4.05. The molecule has 2 aromatic carbocycles. The van der Waals surface area contributed by atoms with Crippen LogP contribution in [0.1, 0.15) is 34.8 Å². The van der Waals surface area contributed by atoms with Crippen LogP contribution in [0.3, 0.4) is 0 Å². The van der Waals surface area contributed by atoms with Gasteiger partial charge in [0.05, 0.1) is 11.7 Å². The molecule has 1 aliphatic rings. The van der Waals surface area contributed by atoms with Crippen molar-refractivity contribution in [2.24, 2.45) is 0 Å². The van der Waals surface area contributed by atoms with Crippen molar-refractivity contribution in [1.29, 1.82) is 0 Å². The van der Waals surface area contributed by atoms with Gasteiger partial charge in [0.15, 0.2) is 0 Å². The van der Waals surface area contributed by atoms with Crippen LogP contribution in [-0.2, 0) is 0 Å². The molecule has 0 bridgehead atoms. The van der Waals surface area contributed by atoms with E-state index >= 15 is 0 Å². The van der Waals surface area contributed by atoms with E-state index in [0.717, 1.165) is 24.3 Å². The number of benzene rings is 2. The molecular weight excluding hydrogens is 416 g/mol. The highest BCUT2D eigenvalue weighted by Gasteiger charge is 2.28. The smallest absolute Gasteiger partial charge is 0.253 e. The molecule has 0 aliphatic carbocycles. The Morgan fingerprint density at radius 1 is 1.00 bits per heavy atom. The van der Waals surface area contributed by atoms with Crippen LogP contribution in [0.5, 0.6) is 0 Å². The lowest BCUT2D eigenvalue weighted by Gasteiger charge is -2.36. The molecule has 3 heterocycles. The van der Waals surface area contributed by atoms with Gasteiger partial charge < -0.3 is 9.42 Å². The van der Waals surface area contributed by atoms with Crippen molar-refractivity contribution in [3.63, 3.8) is 0 Å². The van der Waals surface area contributed by atoms with Gasteiger partial charge in [0.25, 0.3) is 5.91 Å². The number of piperazine rings is 1. The molecule has 1 saturated heterocycles. The van der Waals surface area contributed by atoms with Crippen molar-refractivity contribution in [1.82, 2.24) is 29.7 Å². The number of rotatable bonds is 5. The third kappa shape index (κ3) is 4.42. The molecule has 1 amide bonds. The third-order valence-electron chi connectivity index (χ3n) is 6.14. The minimum Gasteiger partial charge on any atom is -0.337 e. The number of amides is 1. The van der Waals surface area contributed by atoms with Gasteiger partial charge >= 0.3 is 0 Å². The first-order valence-corrected chi connectivity index (χ1v) is 11.1. The lowest BCUT2D eigenvalue weighted by Crippen LogP contribution is -2.49. The molecule has 4 aromatic rings. The Balaban J connectivity index is 1.19. The van der Waals surface area contributed by atoms with Crippen molar-refractivity contribution in [3.05, 3.63) is 84.0 Å². The fourth-order valence-corrected chi connectivity index (χ4v) is 4.05. The van der Waals surface area contributed by atoms with Gasteiger partial charge in [-0.2, -0.15) is 10.1 Å². The summed E-state index contributed by atoms with van der Waals surface area (Å²) >= 11 is 0. The number of aromatic nitrogens is 4. The molecule has 2 aromatic heterocycles. The summed E-state index contributed by atoms with van der Waals surface area (Å²) in [4.78, 5) is 21.8. The van der Waals surface area contributed by atoms with E-state index < -0.39 is 0 Å². The monoisotopic (exact) mass is 442 g/mol. The molecule has 5 rings (SSSR count). The van der Waals surface area contributed by atoms with Gasteiger partial charge in [-0.3, -0.25) is 9.69 Å². The molecule has 0 N–H and O–H groups in total. The van der Waals surface area contributed by atoms with Crippen LogP contribution in [0.25, 0.3) is 17.1 Å². The Bertz CT molecular complexity index is 1210. The fraction of sp³-hybridized carbons (Fsp3) is 0.280. The van der Waals surface area contributed by atoms with Crippen molar-refractivity contribution < 1.29 is 9.32 Å². The predicted molar refractivity (Wildman–Crippen MR) is 124 cm³/mol. The van der Waals surface area contributed by atoms with Crippen LogP contribution < -0.4 is 0 Å². The summed E-state index contributed by atoms with van der Waals surface area (Å²) in [7, 11) is 0. The van der Waals surface area contributed by atoms with E-state index in [1.165, 1.54) is 5.56 Å². The van der Waals surface area contributed by atoms with E-state index in [0.29, 0.717) is 30.4 Å². The highest BCUT2D eigenvalue weighted by molar-refractivity contribution is 5.94. The van der Waals surface area contributed by atoms with Crippen LogP contribution >= 0.6 is 0 Å². The SMILES string of the molecule is Cc1ccc(-c2noc(C(C)N3CCN(C(=O)c4ccc(-n5cccn5)cc4)CC3)n2)cc1. The highest BCUT2D eigenvalue weighted by Crippen LogP contribution is 2.24. The Hall–Kier alpha value is -3.78. The second-order valence-corrected chi connectivity index (χ2v) is 8.32. The quantitative estimate of drug-likeness (QED) is 0.468. The number of nitrogens with zero attached hydrogens (tertiary/aromatic N) is 6. The second kappa shape index (κ2) is 8.99. The standard InChI is InChI=1S/C25H26N6O2/c1-18-4-6-20(7-5-18)23-27-24(33-28-23)19(2)29-14-16-30(17-15-29)25(32)21-8-10-22(11-9-21)31-13-3-12-26-31/h3-13,19H,14-17H2,1-2H3. The lowest BCUT2D eigenvalue weighted by atomic mass is 10.1. The van der Waals surface area contributed by atoms with E-state index in [9.17, 15) is 4.79 Å². The van der Waals surface area contributed by atoms with Crippen LogP contribution in [-0.4, -0.2) is 61.8 Å². The molecule has 8 nitrogen and oxygen atoms in total. The van der Waals surface area contributed by atoms with Crippen LogP contribution in [0.4, 0.5) is 0 Å². The Kier molecular flexibility index (Phi) is 5.75. The van der Waals surface area contributed by atoms with Gasteiger partial charge in [-0.05, 0) is 44.2 Å². The Labute approximate surface area is 192 Å². The zero-order chi connectivity index (χ0) is 22.8. The third-order valence-corrected chi connectivity index (χ3v) is 6.14. The van der Waals surface area contributed by atoms with Gasteiger partial charge in [-0.25, -0.2) is 4.68 Å². The van der Waals surface area contributed by atoms with Gasteiger partial charge in [0.2, 0.25) is 11.7 Å². The number of carbonyl (C=O) groups is 1. The average molecular weight is 443 g/mol. The normalized spacial score (nSPS) is 15.5. The molecule has 1 fully saturated rings. The number of aryl methyl sites for hydroxylation is 1. The number of hydrogen-bond donors (Lipinski definition) is 0. The van der Waals surface area contributed by atoms with E-state index in [-0.39, 0.29) is 11.9 Å². The maximum absolute atomic E-state index is 13.0. The number of carbonyl (C=O) groups excluding carboxylic acids is 1. The summed E-state index contributed by atoms with van der Waals surface area (Å²) in [5.41, 5.74) is 3.75. The van der Waals surface area contributed by atoms with Crippen molar-refractivity contribution in [3.8, 4) is 17.1 Å². The Morgan fingerprint density at radius 3 is 2.39 bits per heavy atom. The molecule has 0 spiro atoms. The average Bonchev–Trinajstić information content (AvgIpc) is 3.57. The molecule has 33 heavy (non-hydrogen) atoms. The highest BCUT2D eigenvalue weighted by atomic mass is 16.5. The van der Waals surface area contributed by atoms with Gasteiger partial charge in [-0.1, -0.05) is 35.0 Å². The predicted octanol–water partition coefficient (Wildman–Crippen LogP) is 3.75. The zero-order valence-corrected chi connectivity index (χ0v) is 18.8. The van der Waals surface area contributed by atoms with Crippen LogP contribution in [0.2, 0.25) is 0 Å². The first kappa shape index (κ1) is 21.1. The van der Waals surface area contributed by atoms with E-state index in [1.54, 1.807) is 10.9 Å². The Morgan fingerprint density at radius 2 is 1.73 bits per heavy atom. The summed E-state index contributed by atoms with van der Waals surface area (Å²) in [6.45, 7) is 6.93. The summed E-state index contributed by atoms with van der Waals surface area (Å²) in [6.07, 6.45) is 3.61. The maximum atomic E-state index is 13.0. The summed E-state index contributed by atoms with van der Waals surface area (Å²) < 4.78 is 7.33. The van der Waals surface area contributed by atoms with Crippen molar-refractivity contribution in [2.75, 3.05) is 26.2 Å². The summed E-state index contributed by atoms with van der Waals surface area (Å²) in [6, 6.07) is 17.5. The molecule has 1 aliphatic heterocycles.